The van der Waals surface area contributed by atoms with Gasteiger partial charge in [-0.3, -0.25) is 29.2 Å². The van der Waals surface area contributed by atoms with Gasteiger partial charge in [-0.15, -0.1) is 0 Å². The van der Waals surface area contributed by atoms with Gasteiger partial charge in [0.05, 0.1) is 18.2 Å². The number of aliphatic hydroxyl groups is 2. The fourth-order valence-electron chi connectivity index (χ4n) is 9.11. The molecule has 0 radical (unpaired) electrons. The molecule has 4 N–H and O–H groups in total. The Morgan fingerprint density at radius 3 is 2.41 bits per heavy atom. The van der Waals surface area contributed by atoms with Crippen LogP contribution in [-0.2, 0) is 33.8 Å². The number of fused-ring (bicyclic) bond motifs is 2. The highest BCUT2D eigenvalue weighted by Gasteiger charge is 2.37. The highest BCUT2D eigenvalue weighted by Crippen LogP contribution is 2.34. The number of pyridine rings is 1. The van der Waals surface area contributed by atoms with Gasteiger partial charge in [-0.25, -0.2) is 0 Å². The van der Waals surface area contributed by atoms with Crippen molar-refractivity contribution in [3.05, 3.63) is 143 Å². The molecule has 3 aromatic carbocycles. The fraction of sp³-hybridized carbons (Fsp3) is 0.434. The Morgan fingerprint density at radius 2 is 1.64 bits per heavy atom. The molecule has 3 amide bonds. The van der Waals surface area contributed by atoms with E-state index in [-0.39, 0.29) is 37.5 Å². The van der Waals surface area contributed by atoms with Crippen molar-refractivity contribution in [2.75, 3.05) is 46.1 Å². The first-order chi connectivity index (χ1) is 31.9. The zero-order valence-corrected chi connectivity index (χ0v) is 38.6. The van der Waals surface area contributed by atoms with Crippen molar-refractivity contribution in [2.24, 2.45) is 5.92 Å². The Balaban J connectivity index is 0.000000256. The third-order valence-corrected chi connectivity index (χ3v) is 12.4. The number of piperazine rings is 1. The smallest absolute Gasteiger partial charge is 0.246 e. The van der Waals surface area contributed by atoms with Crippen molar-refractivity contribution < 1.29 is 34.1 Å². The Kier molecular flexibility index (Phi) is 16.8. The Bertz CT molecular complexity index is 2280. The summed E-state index contributed by atoms with van der Waals surface area (Å²) in [6.45, 7) is 10.8. The average Bonchev–Trinajstić information content (AvgIpc) is 3.91. The van der Waals surface area contributed by atoms with Gasteiger partial charge < -0.3 is 35.2 Å². The lowest BCUT2D eigenvalue weighted by Gasteiger charge is -2.42. The SMILES string of the molecule is CC(C)(C)NC(=O)[C@@H]1CN(Cc2cccnc2)CCN1C[C@@H](O)C[C@@H](Cc1ccccc1)C(=O)N[C@H]1c2ccccc2C[C@H]1O.O=C(/C=C/C=C/c1ccc2c(c1)OCO2)N1CCCCC1. The van der Waals surface area contributed by atoms with Crippen LogP contribution >= 0.6 is 0 Å². The van der Waals surface area contributed by atoms with Crippen LogP contribution in [0.2, 0.25) is 0 Å². The van der Waals surface area contributed by atoms with Crippen molar-refractivity contribution in [1.29, 1.82) is 0 Å². The summed E-state index contributed by atoms with van der Waals surface area (Å²) in [5, 5.41) is 28.5. The lowest BCUT2D eigenvalue weighted by atomic mass is 9.91. The molecule has 0 unspecified atom stereocenters. The molecular formula is C53H66N6O7. The van der Waals surface area contributed by atoms with Gasteiger partial charge in [-0.05, 0) is 98.9 Å². The summed E-state index contributed by atoms with van der Waals surface area (Å²) < 4.78 is 10.6. The number of allylic oxidation sites excluding steroid dienone is 2. The summed E-state index contributed by atoms with van der Waals surface area (Å²) in [5.41, 5.74) is 4.70. The van der Waals surface area contributed by atoms with Crippen LogP contribution in [0.5, 0.6) is 11.5 Å². The molecule has 8 rings (SSSR count). The van der Waals surface area contributed by atoms with Crippen molar-refractivity contribution in [3.63, 3.8) is 0 Å². The quantitative estimate of drug-likeness (QED) is 0.0893. The van der Waals surface area contributed by atoms with Crippen molar-refractivity contribution >= 4 is 23.8 Å². The monoisotopic (exact) mass is 898 g/mol. The second kappa shape index (κ2) is 23.0. The summed E-state index contributed by atoms with van der Waals surface area (Å²) in [7, 11) is 0. The highest BCUT2D eigenvalue weighted by atomic mass is 16.7. The van der Waals surface area contributed by atoms with E-state index in [2.05, 4.69) is 25.4 Å². The summed E-state index contributed by atoms with van der Waals surface area (Å²) in [6.07, 6.45) is 14.0. The van der Waals surface area contributed by atoms with E-state index in [1.807, 2.05) is 129 Å². The maximum Gasteiger partial charge on any atom is 0.246 e. The van der Waals surface area contributed by atoms with Crippen molar-refractivity contribution in [1.82, 2.24) is 30.3 Å². The number of amides is 3. The largest absolute Gasteiger partial charge is 0.454 e. The number of aromatic nitrogens is 1. The predicted molar refractivity (Wildman–Crippen MR) is 255 cm³/mol. The molecule has 0 saturated carbocycles. The number of carbonyl (C=O) groups is 3. The maximum atomic E-state index is 13.8. The minimum absolute atomic E-state index is 0.0712. The van der Waals surface area contributed by atoms with Crippen LogP contribution in [0, 0.1) is 5.92 Å². The molecule has 66 heavy (non-hydrogen) atoms. The molecule has 4 aromatic rings. The lowest BCUT2D eigenvalue weighted by molar-refractivity contribution is -0.132. The zero-order chi connectivity index (χ0) is 46.5. The molecule has 2 fully saturated rings. The van der Waals surface area contributed by atoms with E-state index in [1.54, 1.807) is 18.3 Å². The van der Waals surface area contributed by atoms with Crippen molar-refractivity contribution in [3.8, 4) is 11.5 Å². The number of likely N-dealkylation sites (tertiary alicyclic amines) is 1. The van der Waals surface area contributed by atoms with E-state index in [0.717, 1.165) is 71.8 Å². The molecule has 1 aliphatic carbocycles. The van der Waals surface area contributed by atoms with Crippen LogP contribution in [-0.4, -0.2) is 117 Å². The molecular weight excluding hydrogens is 833 g/mol. The summed E-state index contributed by atoms with van der Waals surface area (Å²) in [4.78, 5) is 49.7. The zero-order valence-electron chi connectivity index (χ0n) is 38.6. The minimum Gasteiger partial charge on any atom is -0.454 e. The summed E-state index contributed by atoms with van der Waals surface area (Å²) >= 11 is 0. The number of benzene rings is 3. The van der Waals surface area contributed by atoms with E-state index >= 15 is 0 Å². The molecule has 13 heteroatoms. The normalized spacial score (nSPS) is 20.6. The first kappa shape index (κ1) is 48.1. The number of hydrogen-bond donors (Lipinski definition) is 4. The summed E-state index contributed by atoms with van der Waals surface area (Å²) in [5.74, 6) is 0.870. The van der Waals surface area contributed by atoms with Gasteiger partial charge in [0, 0.05) is 82.2 Å². The number of piperidine rings is 1. The Labute approximate surface area is 389 Å². The third kappa shape index (κ3) is 13.8. The molecule has 3 aliphatic heterocycles. The molecule has 5 atom stereocenters. The molecule has 0 spiro atoms. The van der Waals surface area contributed by atoms with Gasteiger partial charge >= 0.3 is 0 Å². The van der Waals surface area contributed by atoms with Gasteiger partial charge in [0.2, 0.25) is 24.5 Å². The molecule has 13 nitrogen and oxygen atoms in total. The molecule has 4 heterocycles. The highest BCUT2D eigenvalue weighted by molar-refractivity contribution is 5.88. The van der Waals surface area contributed by atoms with E-state index in [0.29, 0.717) is 32.5 Å². The van der Waals surface area contributed by atoms with Crippen LogP contribution < -0.4 is 20.1 Å². The van der Waals surface area contributed by atoms with E-state index < -0.39 is 35.7 Å². The van der Waals surface area contributed by atoms with E-state index in [4.69, 9.17) is 9.47 Å². The second-order valence-electron chi connectivity index (χ2n) is 18.8. The van der Waals surface area contributed by atoms with Gasteiger partial charge in [0.25, 0.3) is 0 Å². The predicted octanol–water partition coefficient (Wildman–Crippen LogP) is 5.86. The topological polar surface area (TPSA) is 157 Å². The van der Waals surface area contributed by atoms with E-state index in [9.17, 15) is 24.6 Å². The van der Waals surface area contributed by atoms with Crippen LogP contribution in [0.15, 0.2) is 116 Å². The molecule has 2 saturated heterocycles. The van der Waals surface area contributed by atoms with Crippen LogP contribution in [0.1, 0.15) is 80.3 Å². The lowest BCUT2D eigenvalue weighted by Crippen LogP contribution is -2.61. The number of nitrogens with one attached hydrogen (secondary N) is 2. The number of rotatable bonds is 14. The maximum absolute atomic E-state index is 13.8. The van der Waals surface area contributed by atoms with Crippen LogP contribution in [0.25, 0.3) is 6.08 Å². The second-order valence-corrected chi connectivity index (χ2v) is 18.8. The van der Waals surface area contributed by atoms with Crippen LogP contribution in [0.3, 0.4) is 0 Å². The first-order valence-electron chi connectivity index (χ1n) is 23.4. The van der Waals surface area contributed by atoms with Gasteiger partial charge in [0.1, 0.15) is 6.04 Å². The standard InChI is InChI=1S/C36H47N5O4.C17H19NO3/c1-36(2,3)39-35(45)31-24-40(22-26-12-9-15-37-21-26)16-17-41(31)23-29(42)19-28(18-25-10-5-4-6-11-25)34(44)38-33-30-14-8-7-13-27(30)20-32(33)43;19-17(18-10-4-1-5-11-18)7-3-2-6-14-8-9-15-16(12-14)21-13-20-15/h4-15,21,28-29,31-33,42-43H,16-20,22-24H2,1-3H3,(H,38,44)(H,39,45);2-3,6-9,12H,1,4-5,10-11,13H2/b;6-2+,7-3+/t28-,29+,31+,32-,33+;/m1./s1. The number of ether oxygens (including phenoxy) is 2. The number of aliphatic hydroxyl groups excluding tert-OH is 2. The molecule has 0 bridgehead atoms. The summed E-state index contributed by atoms with van der Waals surface area (Å²) in [6, 6.07) is 26.4. The molecule has 4 aliphatic rings. The molecule has 1 aromatic heterocycles. The Hall–Kier alpha value is -5.86. The Morgan fingerprint density at radius 1 is 0.879 bits per heavy atom. The van der Waals surface area contributed by atoms with Gasteiger partial charge in [-0.1, -0.05) is 85.0 Å². The minimum atomic E-state index is -0.833. The number of hydrogen-bond acceptors (Lipinski definition) is 10. The fourth-order valence-corrected chi connectivity index (χ4v) is 9.11. The van der Waals surface area contributed by atoms with Crippen molar-refractivity contribution in [2.45, 2.75) is 95.7 Å². The van der Waals surface area contributed by atoms with E-state index in [1.165, 1.54) is 6.42 Å². The van der Waals surface area contributed by atoms with Crippen LogP contribution in [0.4, 0.5) is 0 Å². The molecule has 350 valence electrons. The number of β-amino-alcohol motifs (C(OH)–C–C–N with tert-alkyl or cyclic N) is 1. The van der Waals surface area contributed by atoms with Gasteiger partial charge in [0.15, 0.2) is 11.5 Å². The average molecular weight is 899 g/mol. The number of nitrogens with zero attached hydrogens (tertiary/aromatic N) is 4. The first-order valence-corrected chi connectivity index (χ1v) is 23.4. The third-order valence-electron chi connectivity index (χ3n) is 12.4. The number of carbonyl (C=O) groups excluding carboxylic acids is 3. The van der Waals surface area contributed by atoms with Gasteiger partial charge in [-0.2, -0.15) is 0 Å².